The Bertz CT molecular complexity index is 173. The molecule has 0 amide bonds. The van der Waals surface area contributed by atoms with Crippen molar-refractivity contribution in [2.45, 2.75) is 5.88 Å². The lowest BCUT2D eigenvalue weighted by atomic mass is 10.5. The Morgan fingerprint density at radius 3 is 2.62 bits per heavy atom. The lowest BCUT2D eigenvalue weighted by Gasteiger charge is -1.79. The third-order valence-electron chi connectivity index (χ3n) is 0.761. The van der Waals surface area contributed by atoms with Crippen LogP contribution < -0.4 is 0 Å². The van der Waals surface area contributed by atoms with Crippen molar-refractivity contribution >= 4 is 11.6 Å². The Morgan fingerprint density at radius 1 is 1.62 bits per heavy atom. The van der Waals surface area contributed by atoms with Crippen molar-refractivity contribution in [3.05, 3.63) is 23.9 Å². The third kappa shape index (κ3) is 1.01. The van der Waals surface area contributed by atoms with E-state index >= 15 is 0 Å². The molecule has 0 radical (unpaired) electrons. The molecule has 0 unspecified atom stereocenters. The minimum atomic E-state index is -0.583. The van der Waals surface area contributed by atoms with Crippen LogP contribution in [0.3, 0.4) is 0 Å². The van der Waals surface area contributed by atoms with E-state index in [-0.39, 0.29) is 5.88 Å². The second-order valence-electron chi connectivity index (χ2n) is 1.34. The van der Waals surface area contributed by atoms with Gasteiger partial charge >= 0.3 is 0 Å². The van der Waals surface area contributed by atoms with Crippen molar-refractivity contribution < 1.29 is 8.81 Å². The molecule has 0 aromatic carbocycles. The van der Waals surface area contributed by atoms with E-state index in [1.807, 2.05) is 0 Å². The van der Waals surface area contributed by atoms with Crippen molar-refractivity contribution in [3.63, 3.8) is 0 Å². The minimum Gasteiger partial charge on any atom is -0.435 e. The highest BCUT2D eigenvalue weighted by Crippen LogP contribution is 2.07. The van der Waals surface area contributed by atoms with Gasteiger partial charge < -0.3 is 4.42 Å². The SMILES string of the molecule is Fc1ccc(CCl)o1. The van der Waals surface area contributed by atoms with E-state index in [0.717, 1.165) is 0 Å². The van der Waals surface area contributed by atoms with Crippen LogP contribution in [0.25, 0.3) is 0 Å². The Morgan fingerprint density at radius 2 is 2.38 bits per heavy atom. The van der Waals surface area contributed by atoms with Crippen LogP contribution >= 0.6 is 11.6 Å². The number of rotatable bonds is 1. The highest BCUT2D eigenvalue weighted by Gasteiger charge is 1.95. The average Bonchev–Trinajstić information content (AvgIpc) is 2.14. The lowest BCUT2D eigenvalue weighted by molar-refractivity contribution is 0.344. The second kappa shape index (κ2) is 2.18. The summed E-state index contributed by atoms with van der Waals surface area (Å²) in [6, 6.07) is 2.15. The van der Waals surface area contributed by atoms with Crippen LogP contribution in [0.2, 0.25) is 0 Å². The maximum Gasteiger partial charge on any atom is 0.277 e. The zero-order chi connectivity index (χ0) is 5.98. The van der Waals surface area contributed by atoms with E-state index in [0.29, 0.717) is 5.76 Å². The first-order valence-corrected chi connectivity index (χ1v) is 2.66. The van der Waals surface area contributed by atoms with Crippen molar-refractivity contribution in [2.75, 3.05) is 0 Å². The molecule has 44 valence electrons. The highest BCUT2D eigenvalue weighted by molar-refractivity contribution is 6.16. The molecule has 3 heteroatoms. The molecule has 0 atom stereocenters. The van der Waals surface area contributed by atoms with Crippen molar-refractivity contribution in [1.82, 2.24) is 0 Å². The van der Waals surface area contributed by atoms with Crippen LogP contribution in [-0.2, 0) is 5.88 Å². The summed E-state index contributed by atoms with van der Waals surface area (Å²) in [7, 11) is 0. The summed E-state index contributed by atoms with van der Waals surface area (Å²) in [5, 5.41) is 0. The van der Waals surface area contributed by atoms with Gasteiger partial charge in [-0.05, 0) is 6.07 Å². The summed E-state index contributed by atoms with van der Waals surface area (Å²) in [5.74, 6) is 0.688. The quantitative estimate of drug-likeness (QED) is 0.537. The van der Waals surface area contributed by atoms with Gasteiger partial charge in [-0.1, -0.05) is 0 Å². The van der Waals surface area contributed by atoms with E-state index in [4.69, 9.17) is 11.6 Å². The van der Waals surface area contributed by atoms with Gasteiger partial charge in [0.2, 0.25) is 0 Å². The molecule has 0 saturated carbocycles. The third-order valence-corrected chi connectivity index (χ3v) is 1.02. The van der Waals surface area contributed by atoms with E-state index in [1.165, 1.54) is 12.1 Å². The molecule has 1 nitrogen and oxygen atoms in total. The first-order valence-electron chi connectivity index (χ1n) is 2.13. The molecule has 0 N–H and O–H groups in total. The summed E-state index contributed by atoms with van der Waals surface area (Å²) in [5.41, 5.74) is 0. The number of hydrogen-bond donors (Lipinski definition) is 0. The van der Waals surface area contributed by atoms with E-state index in [9.17, 15) is 4.39 Å². The smallest absolute Gasteiger partial charge is 0.277 e. The Kier molecular flexibility index (Phi) is 1.53. The fraction of sp³-hybridized carbons (Fsp3) is 0.200. The molecule has 0 aliphatic carbocycles. The molecule has 0 bridgehead atoms. The first-order chi connectivity index (χ1) is 3.83. The molecule has 1 heterocycles. The van der Waals surface area contributed by atoms with Crippen molar-refractivity contribution in [2.24, 2.45) is 0 Å². The van der Waals surface area contributed by atoms with Gasteiger partial charge in [0.1, 0.15) is 5.76 Å². The van der Waals surface area contributed by atoms with Crippen LogP contribution in [0.4, 0.5) is 4.39 Å². The van der Waals surface area contributed by atoms with Gasteiger partial charge in [0.25, 0.3) is 6.01 Å². The number of halogens is 2. The molecule has 0 fully saturated rings. The number of hydrogen-bond acceptors (Lipinski definition) is 1. The Labute approximate surface area is 51.1 Å². The molecule has 0 aliphatic heterocycles. The molecular formula is C5H4ClFO. The zero-order valence-electron chi connectivity index (χ0n) is 4.03. The van der Waals surface area contributed by atoms with Crippen LogP contribution in [0.1, 0.15) is 5.76 Å². The van der Waals surface area contributed by atoms with Crippen molar-refractivity contribution in [1.29, 1.82) is 0 Å². The summed E-state index contributed by atoms with van der Waals surface area (Å²) in [4.78, 5) is 0. The number of furan rings is 1. The van der Waals surface area contributed by atoms with Crippen LogP contribution in [0, 0.1) is 6.01 Å². The average molecular weight is 135 g/mol. The lowest BCUT2D eigenvalue weighted by Crippen LogP contribution is -1.64. The normalized spacial score (nSPS) is 9.75. The molecule has 8 heavy (non-hydrogen) atoms. The molecule has 0 saturated heterocycles. The van der Waals surface area contributed by atoms with Gasteiger partial charge in [0.15, 0.2) is 0 Å². The predicted octanol–water partition coefficient (Wildman–Crippen LogP) is 2.16. The van der Waals surface area contributed by atoms with Crippen molar-refractivity contribution in [3.8, 4) is 0 Å². The van der Waals surface area contributed by atoms with Gasteiger partial charge in [-0.25, -0.2) is 0 Å². The first kappa shape index (κ1) is 5.63. The Balaban J connectivity index is 2.84. The van der Waals surface area contributed by atoms with Gasteiger partial charge in [0.05, 0.1) is 5.88 Å². The molecule has 1 aromatic heterocycles. The highest BCUT2D eigenvalue weighted by atomic mass is 35.5. The topological polar surface area (TPSA) is 13.1 Å². The Hall–Kier alpha value is -0.500. The predicted molar refractivity (Wildman–Crippen MR) is 28.2 cm³/mol. The van der Waals surface area contributed by atoms with E-state index in [2.05, 4.69) is 4.42 Å². The standard InChI is InChI=1S/C5H4ClFO/c6-3-4-1-2-5(7)8-4/h1-2H,3H2. The summed E-state index contributed by atoms with van der Waals surface area (Å²) >= 11 is 5.28. The minimum absolute atomic E-state index is 0.226. The van der Waals surface area contributed by atoms with Gasteiger partial charge in [0, 0.05) is 6.07 Å². The molecule has 0 aliphatic rings. The van der Waals surface area contributed by atoms with Gasteiger partial charge in [-0.15, -0.1) is 11.6 Å². The summed E-state index contributed by atoms with van der Waals surface area (Å²) in [6.45, 7) is 0. The second-order valence-corrected chi connectivity index (χ2v) is 1.61. The monoisotopic (exact) mass is 134 g/mol. The maximum atomic E-state index is 11.9. The zero-order valence-corrected chi connectivity index (χ0v) is 4.78. The van der Waals surface area contributed by atoms with Crippen LogP contribution in [0.15, 0.2) is 16.5 Å². The van der Waals surface area contributed by atoms with E-state index < -0.39 is 6.01 Å². The van der Waals surface area contributed by atoms with Gasteiger partial charge in [-0.2, -0.15) is 4.39 Å². The van der Waals surface area contributed by atoms with Gasteiger partial charge in [-0.3, -0.25) is 0 Å². The summed E-state index contributed by atoms with van der Waals surface area (Å²) < 4.78 is 16.3. The fourth-order valence-corrected chi connectivity index (χ4v) is 0.567. The molecule has 0 spiro atoms. The summed E-state index contributed by atoms with van der Waals surface area (Å²) in [6.07, 6.45) is 0. The molecule has 1 rings (SSSR count). The maximum absolute atomic E-state index is 11.9. The van der Waals surface area contributed by atoms with Crippen LogP contribution in [0.5, 0.6) is 0 Å². The number of alkyl halides is 1. The fourth-order valence-electron chi connectivity index (χ4n) is 0.424. The molecule has 1 aromatic rings. The molecular weight excluding hydrogens is 131 g/mol. The van der Waals surface area contributed by atoms with Crippen LogP contribution in [-0.4, -0.2) is 0 Å². The largest absolute Gasteiger partial charge is 0.435 e. The van der Waals surface area contributed by atoms with E-state index in [1.54, 1.807) is 0 Å².